The molecule has 0 spiro atoms. The van der Waals surface area contributed by atoms with Crippen LogP contribution in [0.3, 0.4) is 0 Å². The van der Waals surface area contributed by atoms with Gasteiger partial charge in [0, 0.05) is 34.1 Å². The summed E-state index contributed by atoms with van der Waals surface area (Å²) < 4.78 is 0. The van der Waals surface area contributed by atoms with E-state index in [1.165, 1.54) is 0 Å². The molecule has 0 aliphatic carbocycles. The van der Waals surface area contributed by atoms with Gasteiger partial charge in [0.2, 0.25) is 0 Å². The molecule has 2 radical (unpaired) electrons. The van der Waals surface area contributed by atoms with Gasteiger partial charge in [0.15, 0.2) is 0 Å². The Hall–Kier alpha value is -1.08. The predicted molar refractivity (Wildman–Crippen MR) is 30.5 cm³/mol. The van der Waals surface area contributed by atoms with E-state index in [-0.39, 0.29) is 34.1 Å². The van der Waals surface area contributed by atoms with E-state index in [2.05, 4.69) is 0 Å². The van der Waals surface area contributed by atoms with E-state index >= 15 is 0 Å². The first-order valence-corrected chi connectivity index (χ1v) is 2.21. The van der Waals surface area contributed by atoms with Gasteiger partial charge in [-0.1, -0.05) is 0 Å². The molecular weight excluding hydrogens is 303 g/mol. The minimum absolute atomic E-state index is 0. The average Bonchev–Trinajstić information content (AvgIpc) is 1.88. The number of carboxylic acid groups (broad SMARTS) is 4. The van der Waals surface area contributed by atoms with Crippen LogP contribution < -0.4 is 0 Å². The molecular formula is C4H4Cu2O8. The SMILES string of the molecule is O=C(O)C(=O)O.O=C(O)C(=O)O.[Cu].[Cu]. The molecule has 14 heavy (non-hydrogen) atoms. The monoisotopic (exact) mass is 306 g/mol. The van der Waals surface area contributed by atoms with Crippen molar-refractivity contribution in [3.05, 3.63) is 0 Å². The summed E-state index contributed by atoms with van der Waals surface area (Å²) in [4.78, 5) is 36.4. The van der Waals surface area contributed by atoms with Crippen LogP contribution in [0.4, 0.5) is 0 Å². The average molecular weight is 307 g/mol. The second kappa shape index (κ2) is 11.9. The Morgan fingerprint density at radius 3 is 0.571 bits per heavy atom. The van der Waals surface area contributed by atoms with Crippen LogP contribution in [0.1, 0.15) is 0 Å². The van der Waals surface area contributed by atoms with Crippen LogP contribution in [0.15, 0.2) is 0 Å². The van der Waals surface area contributed by atoms with E-state index in [1.807, 2.05) is 0 Å². The summed E-state index contributed by atoms with van der Waals surface area (Å²) in [5.74, 6) is -7.30. The van der Waals surface area contributed by atoms with Crippen molar-refractivity contribution in [2.45, 2.75) is 0 Å². The van der Waals surface area contributed by atoms with Crippen LogP contribution in [0, 0.1) is 0 Å². The predicted octanol–water partition coefficient (Wildman–Crippen LogP) is -1.69. The molecule has 0 rings (SSSR count). The van der Waals surface area contributed by atoms with Gasteiger partial charge in [-0.2, -0.15) is 0 Å². The van der Waals surface area contributed by atoms with Crippen molar-refractivity contribution in [3.8, 4) is 0 Å². The number of carboxylic acids is 4. The van der Waals surface area contributed by atoms with E-state index in [0.717, 1.165) is 0 Å². The summed E-state index contributed by atoms with van der Waals surface area (Å²) in [7, 11) is 0. The molecule has 0 aliphatic heterocycles. The molecule has 0 aliphatic rings. The van der Waals surface area contributed by atoms with Crippen molar-refractivity contribution < 1.29 is 73.7 Å². The molecule has 0 aromatic heterocycles. The molecule has 8 nitrogen and oxygen atoms in total. The van der Waals surface area contributed by atoms with Gasteiger partial charge in [0.05, 0.1) is 0 Å². The molecule has 4 N–H and O–H groups in total. The van der Waals surface area contributed by atoms with Gasteiger partial charge in [-0.25, -0.2) is 19.2 Å². The maximum Gasteiger partial charge on any atom is 0.414 e. The van der Waals surface area contributed by atoms with Gasteiger partial charge >= 0.3 is 23.9 Å². The fraction of sp³-hybridized carbons (Fsp3) is 0. The van der Waals surface area contributed by atoms with Crippen LogP contribution in [-0.2, 0) is 53.3 Å². The van der Waals surface area contributed by atoms with Crippen molar-refractivity contribution in [2.24, 2.45) is 0 Å². The molecule has 0 fully saturated rings. The Bertz CT molecular complexity index is 175. The minimum atomic E-state index is -1.82. The van der Waals surface area contributed by atoms with Crippen LogP contribution in [0.5, 0.6) is 0 Å². The Balaban J connectivity index is -0.0000000625. The van der Waals surface area contributed by atoms with Crippen molar-refractivity contribution in [3.63, 3.8) is 0 Å². The second-order valence-corrected chi connectivity index (χ2v) is 1.22. The molecule has 0 aromatic rings. The Morgan fingerprint density at radius 2 is 0.571 bits per heavy atom. The normalized spacial score (nSPS) is 6.29. The molecule has 0 aromatic carbocycles. The summed E-state index contributed by atoms with van der Waals surface area (Å²) in [6.07, 6.45) is 0. The first-order valence-electron chi connectivity index (χ1n) is 2.21. The van der Waals surface area contributed by atoms with Crippen molar-refractivity contribution in [1.29, 1.82) is 0 Å². The zero-order chi connectivity index (χ0) is 10.3. The van der Waals surface area contributed by atoms with E-state index in [9.17, 15) is 0 Å². The van der Waals surface area contributed by atoms with Crippen LogP contribution in [0.25, 0.3) is 0 Å². The molecule has 0 amide bonds. The maximum atomic E-state index is 9.10. The number of hydrogen-bond donors (Lipinski definition) is 4. The van der Waals surface area contributed by atoms with Crippen molar-refractivity contribution in [2.75, 3.05) is 0 Å². The fourth-order valence-electron chi connectivity index (χ4n) is 0. The maximum absolute atomic E-state index is 9.10. The summed E-state index contributed by atoms with van der Waals surface area (Å²) in [5, 5.41) is 29.6. The number of carbonyl (C=O) groups is 4. The quantitative estimate of drug-likeness (QED) is 0.306. The summed E-state index contributed by atoms with van der Waals surface area (Å²) >= 11 is 0. The van der Waals surface area contributed by atoms with Gasteiger partial charge in [0.25, 0.3) is 0 Å². The fourth-order valence-corrected chi connectivity index (χ4v) is 0. The Kier molecular flexibility index (Phi) is 19.6. The number of hydrogen-bond acceptors (Lipinski definition) is 4. The third kappa shape index (κ3) is 22.4. The van der Waals surface area contributed by atoms with E-state index in [1.54, 1.807) is 0 Å². The largest absolute Gasteiger partial charge is 0.473 e. The molecule has 0 unspecified atom stereocenters. The van der Waals surface area contributed by atoms with Crippen molar-refractivity contribution >= 4 is 23.9 Å². The van der Waals surface area contributed by atoms with Crippen LogP contribution in [-0.4, -0.2) is 44.3 Å². The van der Waals surface area contributed by atoms with Gasteiger partial charge in [-0.05, 0) is 0 Å². The number of aliphatic carboxylic acids is 4. The molecule has 0 atom stereocenters. The smallest absolute Gasteiger partial charge is 0.414 e. The number of rotatable bonds is 0. The molecule has 0 saturated carbocycles. The molecule has 0 saturated heterocycles. The van der Waals surface area contributed by atoms with Gasteiger partial charge in [0.1, 0.15) is 0 Å². The Labute approximate surface area is 97.9 Å². The van der Waals surface area contributed by atoms with Crippen LogP contribution in [0.2, 0.25) is 0 Å². The summed E-state index contributed by atoms with van der Waals surface area (Å²) in [5.41, 5.74) is 0. The standard InChI is InChI=1S/2C2H2O4.2Cu/c2*3-1(4)2(5)6;;/h2*(H,3,4)(H,5,6);;. The van der Waals surface area contributed by atoms with Gasteiger partial charge < -0.3 is 20.4 Å². The van der Waals surface area contributed by atoms with E-state index in [0.29, 0.717) is 0 Å². The second-order valence-electron chi connectivity index (χ2n) is 1.22. The first kappa shape index (κ1) is 23.1. The molecule has 0 heterocycles. The summed E-state index contributed by atoms with van der Waals surface area (Å²) in [6.45, 7) is 0. The third-order valence-electron chi connectivity index (χ3n) is 0.366. The van der Waals surface area contributed by atoms with Crippen molar-refractivity contribution in [1.82, 2.24) is 0 Å². The third-order valence-corrected chi connectivity index (χ3v) is 0.366. The molecule has 10 heteroatoms. The first-order chi connectivity index (χ1) is 5.29. The Morgan fingerprint density at radius 1 is 0.500 bits per heavy atom. The topological polar surface area (TPSA) is 149 Å². The van der Waals surface area contributed by atoms with Crippen LogP contribution >= 0.6 is 0 Å². The van der Waals surface area contributed by atoms with Gasteiger partial charge in [-0.3, -0.25) is 0 Å². The zero-order valence-corrected chi connectivity index (χ0v) is 7.91. The van der Waals surface area contributed by atoms with E-state index < -0.39 is 23.9 Å². The van der Waals surface area contributed by atoms with Gasteiger partial charge in [-0.15, -0.1) is 0 Å². The molecule has 90 valence electrons. The zero-order valence-electron chi connectivity index (χ0n) is 6.02. The van der Waals surface area contributed by atoms with E-state index in [4.69, 9.17) is 39.6 Å². The molecule has 0 bridgehead atoms. The summed E-state index contributed by atoms with van der Waals surface area (Å²) in [6, 6.07) is 0. The minimum Gasteiger partial charge on any atom is -0.473 e.